The summed E-state index contributed by atoms with van der Waals surface area (Å²) >= 11 is 0. The van der Waals surface area contributed by atoms with Gasteiger partial charge in [-0.25, -0.2) is 0 Å². The van der Waals surface area contributed by atoms with Crippen LogP contribution in [0.5, 0.6) is 0 Å². The summed E-state index contributed by atoms with van der Waals surface area (Å²) in [5, 5.41) is 14.3. The van der Waals surface area contributed by atoms with Crippen molar-refractivity contribution in [1.29, 1.82) is 5.26 Å². The minimum absolute atomic E-state index is 0.0544. The molecule has 0 spiro atoms. The predicted molar refractivity (Wildman–Crippen MR) is 276 cm³/mol. The average molecular weight is 887 g/mol. The molecule has 0 saturated carbocycles. The third-order valence-corrected chi connectivity index (χ3v) is 16.9. The topological polar surface area (TPSA) is 72.3 Å². The van der Waals surface area contributed by atoms with Gasteiger partial charge < -0.3 is 0 Å². The van der Waals surface area contributed by atoms with Crippen molar-refractivity contribution in [2.75, 3.05) is 0 Å². The third-order valence-electron chi connectivity index (χ3n) is 13.0. The van der Waals surface area contributed by atoms with Crippen molar-refractivity contribution in [1.82, 2.24) is 24.1 Å². The summed E-state index contributed by atoms with van der Waals surface area (Å²) in [7, 11) is -2.01. The highest BCUT2D eigenvalue weighted by molar-refractivity contribution is 8.34. The number of aromatic nitrogens is 5. The third kappa shape index (κ3) is 6.99. The highest BCUT2D eigenvalue weighted by Gasteiger charge is 2.34. The first-order chi connectivity index (χ1) is 32.4. The normalized spacial score (nSPS) is 12.6. The van der Waals surface area contributed by atoms with E-state index >= 15 is 0 Å². The molecule has 0 aliphatic carbocycles. The Morgan fingerprint density at radius 3 is 1.33 bits per heavy atom. The van der Waals surface area contributed by atoms with E-state index in [-0.39, 0.29) is 10.8 Å². The molecule has 7 heteroatoms. The van der Waals surface area contributed by atoms with Crippen LogP contribution in [0.25, 0.3) is 66.9 Å². The molecular weight excluding hydrogens is 837 g/mol. The Balaban J connectivity index is 1.24. The van der Waals surface area contributed by atoms with E-state index in [1.807, 2.05) is 30.3 Å². The summed E-state index contributed by atoms with van der Waals surface area (Å²) in [4.78, 5) is 21.3. The number of nitrogens with zero attached hydrogens (tertiary/aromatic N) is 6. The molecule has 11 rings (SSSR count). The highest BCUT2D eigenvalue weighted by atomic mass is 32.3. The van der Waals surface area contributed by atoms with Crippen LogP contribution in [0.2, 0.25) is 0 Å². The van der Waals surface area contributed by atoms with Gasteiger partial charge in [0.2, 0.25) is 11.9 Å². The molecule has 3 heterocycles. The fraction of sp³-hybridized carbons (Fsp3) is 0.133. The maximum atomic E-state index is 10.0. The van der Waals surface area contributed by atoms with Crippen LogP contribution in [0.15, 0.2) is 214 Å². The first-order valence-corrected chi connectivity index (χ1v) is 24.5. The largest absolute Gasteiger partial charge is 0.278 e. The predicted octanol–water partition coefficient (Wildman–Crippen LogP) is 15.5. The highest BCUT2D eigenvalue weighted by Crippen LogP contribution is 2.73. The quantitative estimate of drug-likeness (QED) is 0.160. The van der Waals surface area contributed by atoms with Crippen LogP contribution in [-0.4, -0.2) is 24.1 Å². The van der Waals surface area contributed by atoms with Crippen molar-refractivity contribution in [2.45, 2.75) is 72.0 Å². The van der Waals surface area contributed by atoms with Crippen LogP contribution in [-0.2, 0) is 10.8 Å². The van der Waals surface area contributed by atoms with Gasteiger partial charge >= 0.3 is 0 Å². The van der Waals surface area contributed by atoms with Gasteiger partial charge in [-0.1, -0.05) is 139 Å². The van der Waals surface area contributed by atoms with Gasteiger partial charge in [0.25, 0.3) is 0 Å². The van der Waals surface area contributed by atoms with Gasteiger partial charge in [0, 0.05) is 46.7 Å². The number of fused-ring (bicyclic) bond motifs is 6. The van der Waals surface area contributed by atoms with Crippen LogP contribution < -0.4 is 0 Å². The van der Waals surface area contributed by atoms with Gasteiger partial charge in [0.05, 0.1) is 33.7 Å². The number of hydrogen-bond donors (Lipinski definition) is 0. The molecule has 0 atom stereocenters. The van der Waals surface area contributed by atoms with Crippen molar-refractivity contribution in [2.24, 2.45) is 0 Å². The number of hydrogen-bond acceptors (Lipinski definition) is 4. The van der Waals surface area contributed by atoms with Gasteiger partial charge in [-0.2, -0.15) is 20.2 Å². The average Bonchev–Trinajstić information content (AvgIpc) is 3.86. The van der Waals surface area contributed by atoms with Gasteiger partial charge in [-0.15, -0.1) is 10.0 Å². The van der Waals surface area contributed by atoms with Crippen molar-refractivity contribution in [3.05, 3.63) is 211 Å². The zero-order valence-electron chi connectivity index (χ0n) is 38.6. The molecule has 0 bridgehead atoms. The van der Waals surface area contributed by atoms with Crippen LogP contribution >= 0.6 is 10.0 Å². The molecule has 11 aromatic rings. The van der Waals surface area contributed by atoms with Gasteiger partial charge in [-0.3, -0.25) is 9.13 Å². The van der Waals surface area contributed by atoms with E-state index in [0.717, 1.165) is 49.2 Å². The Morgan fingerprint density at radius 1 is 0.403 bits per heavy atom. The van der Waals surface area contributed by atoms with Gasteiger partial charge in [0.1, 0.15) is 0 Å². The summed E-state index contributed by atoms with van der Waals surface area (Å²) in [6, 6.07) is 71.7. The second-order valence-electron chi connectivity index (χ2n) is 19.3. The van der Waals surface area contributed by atoms with Crippen molar-refractivity contribution >= 4 is 53.6 Å². The lowest BCUT2D eigenvalue weighted by atomic mass is 9.85. The first kappa shape index (κ1) is 41.9. The molecule has 0 fully saturated rings. The van der Waals surface area contributed by atoms with Crippen molar-refractivity contribution < 1.29 is 0 Å². The lowest BCUT2D eigenvalue weighted by molar-refractivity contribution is 0.590. The van der Waals surface area contributed by atoms with E-state index in [1.165, 1.54) is 30.7 Å². The van der Waals surface area contributed by atoms with Crippen molar-refractivity contribution in [3.63, 3.8) is 0 Å². The van der Waals surface area contributed by atoms with Crippen LogP contribution in [0, 0.1) is 11.3 Å². The SMILES string of the molecule is CC(C)(C)c1ccc2c(c1)c1cc(C(C)(C)C)ccc1n2-c1nc(-c2cccc(S(c3ccccc3)(c3ccccc3)c3ccccc3)c2)nc(-n2c3ccccc3c3cc(C#N)ccc32)n1. The molecule has 0 aliphatic rings. The summed E-state index contributed by atoms with van der Waals surface area (Å²) in [5.74, 6) is 1.56. The van der Waals surface area contributed by atoms with E-state index in [2.05, 4.69) is 221 Å². The van der Waals surface area contributed by atoms with E-state index in [9.17, 15) is 5.26 Å². The van der Waals surface area contributed by atoms with Gasteiger partial charge in [0.15, 0.2) is 5.82 Å². The molecule has 67 heavy (non-hydrogen) atoms. The molecular formula is C60H50N6S. The number of nitriles is 1. The molecule has 3 aromatic heterocycles. The fourth-order valence-electron chi connectivity index (χ4n) is 9.63. The maximum absolute atomic E-state index is 10.0. The fourth-order valence-corrected chi connectivity index (χ4v) is 13.5. The zero-order chi connectivity index (χ0) is 46.1. The summed E-state index contributed by atoms with van der Waals surface area (Å²) in [6.45, 7) is 13.6. The van der Waals surface area contributed by atoms with Crippen LogP contribution in [0.4, 0.5) is 0 Å². The molecule has 0 saturated heterocycles. The standard InChI is InChI=1S/C60H50N6S/c1-59(2,3)42-30-33-54-50(37-42)51-38-43(60(4,5)6)31-34-55(51)66(54)58-63-56(62-57(64-58)65-52-28-17-16-27-48(52)49-35-40(39-61)29-32-53(49)65)41-19-18-26-47(36-41)67(44-20-10-7-11-21-44,45-22-12-8-13-23-45)46-24-14-9-15-25-46/h7-38H,1-6H3. The molecule has 0 radical (unpaired) electrons. The van der Waals surface area contributed by atoms with E-state index in [1.54, 1.807) is 0 Å². The van der Waals surface area contributed by atoms with Crippen molar-refractivity contribution in [3.8, 4) is 29.4 Å². The minimum atomic E-state index is -2.01. The maximum Gasteiger partial charge on any atom is 0.240 e. The summed E-state index contributed by atoms with van der Waals surface area (Å²) in [5.41, 5.74) is 7.78. The van der Waals surface area contributed by atoms with Crippen LogP contribution in [0.1, 0.15) is 58.2 Å². The molecule has 0 unspecified atom stereocenters. The Hall–Kier alpha value is -7.79. The molecule has 326 valence electrons. The second kappa shape index (κ2) is 16.0. The van der Waals surface area contributed by atoms with E-state index in [0.29, 0.717) is 23.3 Å². The smallest absolute Gasteiger partial charge is 0.240 e. The Morgan fingerprint density at radius 2 is 0.836 bits per heavy atom. The van der Waals surface area contributed by atoms with Crippen LogP contribution in [0.3, 0.4) is 0 Å². The number of benzene rings is 8. The molecule has 6 nitrogen and oxygen atoms in total. The first-order valence-electron chi connectivity index (χ1n) is 22.8. The monoisotopic (exact) mass is 886 g/mol. The minimum Gasteiger partial charge on any atom is -0.278 e. The Labute approximate surface area is 393 Å². The molecule has 0 N–H and O–H groups in total. The number of para-hydroxylation sites is 1. The summed E-state index contributed by atoms with van der Waals surface area (Å²) in [6.07, 6.45) is 0. The van der Waals surface area contributed by atoms with Gasteiger partial charge in [-0.05, 0) is 119 Å². The Bertz CT molecular complexity index is 3550. The molecule has 0 amide bonds. The summed E-state index contributed by atoms with van der Waals surface area (Å²) < 4.78 is 4.35. The zero-order valence-corrected chi connectivity index (χ0v) is 39.4. The Kier molecular flexibility index (Phi) is 9.99. The second-order valence-corrected chi connectivity index (χ2v) is 22.4. The lowest BCUT2D eigenvalue weighted by Gasteiger charge is -2.42. The molecule has 0 aliphatic heterocycles. The lowest BCUT2D eigenvalue weighted by Crippen LogP contribution is -2.12. The van der Waals surface area contributed by atoms with E-state index < -0.39 is 10.0 Å². The number of rotatable bonds is 7. The van der Waals surface area contributed by atoms with E-state index in [4.69, 9.17) is 15.0 Å². The molecule has 8 aromatic carbocycles.